The van der Waals surface area contributed by atoms with Crippen LogP contribution < -0.4 is 21.7 Å². The first-order valence-electron chi connectivity index (χ1n) is 11.1. The summed E-state index contributed by atoms with van der Waals surface area (Å²) in [6, 6.07) is 4.43. The zero-order chi connectivity index (χ0) is 25.1. The van der Waals surface area contributed by atoms with E-state index in [1.54, 1.807) is 51.1 Å². The molecule has 184 valence electrons. The van der Waals surface area contributed by atoms with Gasteiger partial charge in [-0.2, -0.15) is 0 Å². The van der Waals surface area contributed by atoms with Gasteiger partial charge in [0, 0.05) is 6.42 Å². The third-order valence-corrected chi connectivity index (χ3v) is 5.53. The highest BCUT2D eigenvalue weighted by molar-refractivity contribution is 5.94. The number of nitrogens with two attached hydrogens (primary N) is 1. The highest BCUT2D eigenvalue weighted by Gasteiger charge is 2.32. The molecule has 5 atom stereocenters. The second-order valence-electron chi connectivity index (χ2n) is 8.47. The summed E-state index contributed by atoms with van der Waals surface area (Å²) in [7, 11) is 0. The lowest BCUT2D eigenvalue weighted by Crippen LogP contribution is -2.60. The van der Waals surface area contributed by atoms with Crippen molar-refractivity contribution < 1.29 is 29.4 Å². The van der Waals surface area contributed by atoms with E-state index in [9.17, 15) is 29.4 Å². The first kappa shape index (κ1) is 28.1. The van der Waals surface area contributed by atoms with E-state index in [4.69, 9.17) is 5.73 Å². The Balaban J connectivity index is 2.94. The van der Waals surface area contributed by atoms with Gasteiger partial charge in [0.1, 0.15) is 18.1 Å². The number of benzene rings is 1. The van der Waals surface area contributed by atoms with Crippen LogP contribution >= 0.6 is 0 Å². The van der Waals surface area contributed by atoms with E-state index >= 15 is 0 Å². The molecule has 0 fully saturated rings. The number of aliphatic hydroxyl groups excluding tert-OH is 1. The van der Waals surface area contributed by atoms with Crippen molar-refractivity contribution in [3.05, 3.63) is 35.9 Å². The molecule has 33 heavy (non-hydrogen) atoms. The maximum atomic E-state index is 13.0. The second-order valence-corrected chi connectivity index (χ2v) is 8.47. The normalized spacial score (nSPS) is 15.6. The SMILES string of the molecule is CCC(C)C(NC(=O)C(CO)NC(=O)C(N)C(C)C)C(=O)NC(Cc1ccccc1)C(=O)O. The summed E-state index contributed by atoms with van der Waals surface area (Å²) in [6.07, 6.45) is 0.592. The number of nitrogens with one attached hydrogen (secondary N) is 3. The van der Waals surface area contributed by atoms with Crippen LogP contribution in [0, 0.1) is 11.8 Å². The fourth-order valence-corrected chi connectivity index (χ4v) is 3.03. The summed E-state index contributed by atoms with van der Waals surface area (Å²) in [5, 5.41) is 26.6. The minimum Gasteiger partial charge on any atom is -0.480 e. The predicted molar refractivity (Wildman–Crippen MR) is 123 cm³/mol. The van der Waals surface area contributed by atoms with Crippen LogP contribution in [0.2, 0.25) is 0 Å². The molecule has 1 aromatic rings. The van der Waals surface area contributed by atoms with Gasteiger partial charge in [0.25, 0.3) is 0 Å². The Hall–Kier alpha value is -2.98. The number of carboxylic acids is 1. The van der Waals surface area contributed by atoms with Crippen LogP contribution in [0.5, 0.6) is 0 Å². The summed E-state index contributed by atoms with van der Waals surface area (Å²) in [6.45, 7) is 6.36. The minimum absolute atomic E-state index is 0.0749. The Bertz CT molecular complexity index is 801. The summed E-state index contributed by atoms with van der Waals surface area (Å²) < 4.78 is 0. The Labute approximate surface area is 194 Å². The third kappa shape index (κ3) is 8.82. The predicted octanol–water partition coefficient (Wildman–Crippen LogP) is -0.210. The van der Waals surface area contributed by atoms with Gasteiger partial charge in [-0.1, -0.05) is 64.4 Å². The molecule has 1 rings (SSSR count). The second kappa shape index (κ2) is 13.5. The zero-order valence-corrected chi connectivity index (χ0v) is 19.6. The number of carboxylic acid groups (broad SMARTS) is 1. The lowest BCUT2D eigenvalue weighted by molar-refractivity contribution is -0.142. The van der Waals surface area contributed by atoms with Crippen molar-refractivity contribution in [2.45, 2.75) is 64.7 Å². The number of carbonyl (C=O) groups excluding carboxylic acids is 3. The molecule has 10 nitrogen and oxygen atoms in total. The first-order chi connectivity index (χ1) is 15.5. The van der Waals surface area contributed by atoms with Crippen molar-refractivity contribution in [2.24, 2.45) is 17.6 Å². The summed E-state index contributed by atoms with van der Waals surface area (Å²) in [5.74, 6) is -3.75. The van der Waals surface area contributed by atoms with Crippen molar-refractivity contribution in [1.82, 2.24) is 16.0 Å². The van der Waals surface area contributed by atoms with Crippen LogP contribution in [0.3, 0.4) is 0 Å². The largest absolute Gasteiger partial charge is 0.480 e. The number of hydrogen-bond acceptors (Lipinski definition) is 6. The summed E-state index contributed by atoms with van der Waals surface area (Å²) >= 11 is 0. The van der Waals surface area contributed by atoms with Gasteiger partial charge in [-0.05, 0) is 17.4 Å². The molecule has 0 radical (unpaired) electrons. The molecule has 0 saturated carbocycles. The molecular weight excluding hydrogens is 428 g/mol. The van der Waals surface area contributed by atoms with Gasteiger partial charge in [0.15, 0.2) is 0 Å². The Kier molecular flexibility index (Phi) is 11.5. The molecule has 10 heteroatoms. The van der Waals surface area contributed by atoms with Gasteiger partial charge in [0.2, 0.25) is 17.7 Å². The Morgan fingerprint density at radius 2 is 1.48 bits per heavy atom. The lowest BCUT2D eigenvalue weighted by atomic mass is 9.97. The van der Waals surface area contributed by atoms with Crippen LogP contribution in [0.25, 0.3) is 0 Å². The van der Waals surface area contributed by atoms with Crippen molar-refractivity contribution >= 4 is 23.7 Å². The smallest absolute Gasteiger partial charge is 0.326 e. The van der Waals surface area contributed by atoms with E-state index < -0.39 is 54.5 Å². The average molecular weight is 465 g/mol. The van der Waals surface area contributed by atoms with E-state index in [-0.39, 0.29) is 18.3 Å². The highest BCUT2D eigenvalue weighted by atomic mass is 16.4. The fraction of sp³-hybridized carbons (Fsp3) is 0.565. The average Bonchev–Trinajstić information content (AvgIpc) is 2.79. The van der Waals surface area contributed by atoms with Gasteiger partial charge in [-0.15, -0.1) is 0 Å². The molecule has 1 aromatic carbocycles. The van der Waals surface area contributed by atoms with Crippen molar-refractivity contribution in [2.75, 3.05) is 6.61 Å². The number of aliphatic carboxylic acids is 1. The van der Waals surface area contributed by atoms with E-state index in [1.807, 2.05) is 6.92 Å². The Morgan fingerprint density at radius 3 is 1.97 bits per heavy atom. The standard InChI is InChI=1S/C23H36N4O6/c1-5-14(4)19(27-20(29)17(12-28)26-21(30)18(24)13(2)3)22(31)25-16(23(32)33)11-15-9-7-6-8-10-15/h6-10,13-14,16-19,28H,5,11-12,24H2,1-4H3,(H,25,31)(H,26,30)(H,27,29)(H,32,33). The van der Waals surface area contributed by atoms with E-state index in [1.165, 1.54) is 0 Å². The lowest BCUT2D eigenvalue weighted by Gasteiger charge is -2.28. The topological polar surface area (TPSA) is 171 Å². The molecule has 0 aliphatic heterocycles. The molecule has 0 spiro atoms. The van der Waals surface area contributed by atoms with Crippen LogP contribution in [0.15, 0.2) is 30.3 Å². The van der Waals surface area contributed by atoms with Gasteiger partial charge in [0.05, 0.1) is 12.6 Å². The molecule has 0 saturated heterocycles. The van der Waals surface area contributed by atoms with E-state index in [2.05, 4.69) is 16.0 Å². The molecule has 3 amide bonds. The summed E-state index contributed by atoms with van der Waals surface area (Å²) in [4.78, 5) is 49.6. The number of hydrogen-bond donors (Lipinski definition) is 6. The fourth-order valence-electron chi connectivity index (χ4n) is 3.03. The molecule has 0 heterocycles. The van der Waals surface area contributed by atoms with Gasteiger partial charge in [-0.3, -0.25) is 14.4 Å². The molecular formula is C23H36N4O6. The van der Waals surface area contributed by atoms with E-state index in [0.717, 1.165) is 5.56 Å². The number of rotatable bonds is 13. The summed E-state index contributed by atoms with van der Waals surface area (Å²) in [5.41, 5.74) is 6.52. The molecule has 0 aromatic heterocycles. The van der Waals surface area contributed by atoms with E-state index in [0.29, 0.717) is 6.42 Å². The monoisotopic (exact) mass is 464 g/mol. The molecule has 7 N–H and O–H groups in total. The Morgan fingerprint density at radius 1 is 0.909 bits per heavy atom. The van der Waals surface area contributed by atoms with Crippen molar-refractivity contribution in [3.63, 3.8) is 0 Å². The molecule has 5 unspecified atom stereocenters. The van der Waals surface area contributed by atoms with Crippen LogP contribution in [-0.2, 0) is 25.6 Å². The maximum Gasteiger partial charge on any atom is 0.326 e. The van der Waals surface area contributed by atoms with Gasteiger partial charge >= 0.3 is 5.97 Å². The maximum absolute atomic E-state index is 13.0. The molecule has 0 aliphatic rings. The minimum atomic E-state index is -1.30. The van der Waals surface area contributed by atoms with Gasteiger partial charge in [-0.25, -0.2) is 4.79 Å². The van der Waals surface area contributed by atoms with Crippen LogP contribution in [-0.4, -0.2) is 64.7 Å². The van der Waals surface area contributed by atoms with Crippen molar-refractivity contribution in [3.8, 4) is 0 Å². The van der Waals surface area contributed by atoms with Crippen LogP contribution in [0.4, 0.5) is 0 Å². The van der Waals surface area contributed by atoms with Gasteiger partial charge < -0.3 is 31.9 Å². The number of carbonyl (C=O) groups is 4. The van der Waals surface area contributed by atoms with Crippen LogP contribution in [0.1, 0.15) is 39.7 Å². The zero-order valence-electron chi connectivity index (χ0n) is 19.6. The first-order valence-corrected chi connectivity index (χ1v) is 11.1. The quantitative estimate of drug-likeness (QED) is 0.234. The highest BCUT2D eigenvalue weighted by Crippen LogP contribution is 2.10. The number of aliphatic hydroxyl groups is 1. The molecule has 0 aliphatic carbocycles. The number of amides is 3. The molecule has 0 bridgehead atoms. The third-order valence-electron chi connectivity index (χ3n) is 5.53. The van der Waals surface area contributed by atoms with Crippen molar-refractivity contribution in [1.29, 1.82) is 0 Å².